The lowest BCUT2D eigenvalue weighted by Crippen LogP contribution is -2.03. The molecule has 0 bridgehead atoms. The van der Waals surface area contributed by atoms with Crippen LogP contribution in [0.1, 0.15) is 22.5 Å². The van der Waals surface area contributed by atoms with E-state index in [1.165, 1.54) is 0 Å². The van der Waals surface area contributed by atoms with Gasteiger partial charge in [0, 0.05) is 12.8 Å². The first-order valence-electron chi connectivity index (χ1n) is 8.44. The number of benzene rings is 2. The van der Waals surface area contributed by atoms with Crippen molar-refractivity contribution in [3.8, 4) is 11.5 Å². The Bertz CT molecular complexity index is 1040. The molecule has 0 unspecified atom stereocenters. The molecule has 0 amide bonds. The molecule has 0 fully saturated rings. The smallest absolute Gasteiger partial charge is 0.153 e. The summed E-state index contributed by atoms with van der Waals surface area (Å²) in [6, 6.07) is 19.2. The molecule has 0 spiro atoms. The number of aromatic hydroxyl groups is 1. The van der Waals surface area contributed by atoms with Gasteiger partial charge in [-0.15, -0.1) is 0 Å². The van der Waals surface area contributed by atoms with Gasteiger partial charge in [-0.25, -0.2) is 9.50 Å². The van der Waals surface area contributed by atoms with Crippen LogP contribution in [0.2, 0.25) is 0 Å². The first kappa shape index (κ1) is 16.1. The molecule has 26 heavy (non-hydrogen) atoms. The minimum absolute atomic E-state index is 0.269. The van der Waals surface area contributed by atoms with Crippen LogP contribution in [0, 0.1) is 0 Å². The second kappa shape index (κ2) is 6.88. The molecule has 0 atom stereocenters. The Morgan fingerprint density at radius 2 is 1.81 bits per heavy atom. The quantitative estimate of drug-likeness (QED) is 0.600. The predicted octanol–water partition coefficient (Wildman–Crippen LogP) is 3.63. The van der Waals surface area contributed by atoms with E-state index in [1.54, 1.807) is 19.2 Å². The number of methoxy groups -OCH3 is 1. The number of nitrogens with zero attached hydrogens (tertiary/aromatic N) is 3. The number of phenols is 1. The van der Waals surface area contributed by atoms with Gasteiger partial charge in [-0.2, -0.15) is 5.10 Å². The number of imidazole rings is 1. The van der Waals surface area contributed by atoms with Crippen LogP contribution in [0.5, 0.6) is 11.5 Å². The van der Waals surface area contributed by atoms with E-state index in [2.05, 4.69) is 11.1 Å². The maximum atomic E-state index is 9.43. The van der Waals surface area contributed by atoms with E-state index in [4.69, 9.17) is 9.84 Å². The third kappa shape index (κ3) is 3.37. The normalized spacial score (nSPS) is 11.0. The second-order valence-corrected chi connectivity index (χ2v) is 6.22. The van der Waals surface area contributed by atoms with E-state index in [0.717, 1.165) is 40.3 Å². The van der Waals surface area contributed by atoms with Crippen LogP contribution in [-0.2, 0) is 12.8 Å². The fraction of sp³-hybridized carbons (Fsp3) is 0.143. The van der Waals surface area contributed by atoms with Crippen molar-refractivity contribution in [3.63, 3.8) is 0 Å². The molecule has 0 aliphatic carbocycles. The summed E-state index contributed by atoms with van der Waals surface area (Å²) in [7, 11) is 1.67. The molecule has 130 valence electrons. The molecule has 4 aromatic rings. The maximum absolute atomic E-state index is 9.43. The van der Waals surface area contributed by atoms with E-state index in [9.17, 15) is 5.11 Å². The van der Waals surface area contributed by atoms with Gasteiger partial charge in [-0.05, 0) is 47.5 Å². The van der Waals surface area contributed by atoms with Gasteiger partial charge >= 0.3 is 0 Å². The molecular weight excluding hydrogens is 326 g/mol. The average Bonchev–Trinajstić information content (AvgIpc) is 3.06. The Morgan fingerprint density at radius 3 is 2.62 bits per heavy atom. The van der Waals surface area contributed by atoms with Crippen LogP contribution < -0.4 is 4.74 Å². The fourth-order valence-corrected chi connectivity index (χ4v) is 2.99. The Hall–Kier alpha value is -3.34. The van der Waals surface area contributed by atoms with Gasteiger partial charge in [0.05, 0.1) is 24.7 Å². The lowest BCUT2D eigenvalue weighted by molar-refractivity contribution is 0.414. The zero-order valence-corrected chi connectivity index (χ0v) is 14.5. The lowest BCUT2D eigenvalue weighted by Gasteiger charge is -2.06. The first-order chi connectivity index (χ1) is 12.7. The van der Waals surface area contributed by atoms with Crippen molar-refractivity contribution >= 4 is 5.65 Å². The standard InChI is InChI=1S/C21H19N3O2/c1-26-20-4-2-3-16(13-20)11-17-7-10-21-22-14-18(24(21)23-17)12-15-5-8-19(25)9-6-15/h2-10,13-14,25H,11-12H2,1H3. The monoisotopic (exact) mass is 345 g/mol. The van der Waals surface area contributed by atoms with Crippen molar-refractivity contribution < 1.29 is 9.84 Å². The highest BCUT2D eigenvalue weighted by atomic mass is 16.5. The topological polar surface area (TPSA) is 59.7 Å². The molecule has 0 saturated heterocycles. The molecule has 5 nitrogen and oxygen atoms in total. The van der Waals surface area contributed by atoms with E-state index < -0.39 is 0 Å². The number of hydrogen-bond acceptors (Lipinski definition) is 4. The zero-order chi connectivity index (χ0) is 17.9. The number of fused-ring (bicyclic) bond motifs is 1. The van der Waals surface area contributed by atoms with E-state index in [0.29, 0.717) is 6.42 Å². The highest BCUT2D eigenvalue weighted by Crippen LogP contribution is 2.17. The van der Waals surface area contributed by atoms with Crippen molar-refractivity contribution in [1.82, 2.24) is 14.6 Å². The molecule has 1 N–H and O–H groups in total. The summed E-state index contributed by atoms with van der Waals surface area (Å²) in [5.41, 5.74) is 5.06. The molecule has 2 aromatic heterocycles. The van der Waals surface area contributed by atoms with Gasteiger partial charge < -0.3 is 9.84 Å². The van der Waals surface area contributed by atoms with Crippen molar-refractivity contribution in [2.24, 2.45) is 0 Å². The maximum Gasteiger partial charge on any atom is 0.153 e. The Morgan fingerprint density at radius 1 is 0.962 bits per heavy atom. The average molecular weight is 345 g/mol. The van der Waals surface area contributed by atoms with Crippen LogP contribution in [0.3, 0.4) is 0 Å². The molecular formula is C21H19N3O2. The predicted molar refractivity (Wildman–Crippen MR) is 99.7 cm³/mol. The van der Waals surface area contributed by atoms with Crippen molar-refractivity contribution in [2.75, 3.05) is 7.11 Å². The lowest BCUT2D eigenvalue weighted by atomic mass is 10.1. The van der Waals surface area contributed by atoms with Gasteiger partial charge in [0.25, 0.3) is 0 Å². The van der Waals surface area contributed by atoms with Crippen LogP contribution in [0.25, 0.3) is 5.65 Å². The third-order valence-corrected chi connectivity index (χ3v) is 4.33. The van der Waals surface area contributed by atoms with E-state index in [1.807, 2.05) is 53.2 Å². The van der Waals surface area contributed by atoms with Gasteiger partial charge in [0.1, 0.15) is 11.5 Å². The summed E-state index contributed by atoms with van der Waals surface area (Å²) in [4.78, 5) is 4.44. The molecule has 0 radical (unpaired) electrons. The fourth-order valence-electron chi connectivity index (χ4n) is 2.99. The van der Waals surface area contributed by atoms with Crippen molar-refractivity contribution in [1.29, 1.82) is 0 Å². The molecule has 2 heterocycles. The third-order valence-electron chi connectivity index (χ3n) is 4.33. The number of phenolic OH excluding ortho intramolecular Hbond substituents is 1. The second-order valence-electron chi connectivity index (χ2n) is 6.22. The van der Waals surface area contributed by atoms with Crippen LogP contribution >= 0.6 is 0 Å². The van der Waals surface area contributed by atoms with Crippen LogP contribution in [-0.4, -0.2) is 26.8 Å². The van der Waals surface area contributed by atoms with Crippen LogP contribution in [0.15, 0.2) is 66.9 Å². The van der Waals surface area contributed by atoms with Gasteiger partial charge in [0.2, 0.25) is 0 Å². The van der Waals surface area contributed by atoms with E-state index >= 15 is 0 Å². The van der Waals surface area contributed by atoms with Crippen molar-refractivity contribution in [2.45, 2.75) is 12.8 Å². The molecule has 0 saturated carbocycles. The van der Waals surface area contributed by atoms with Gasteiger partial charge in [-0.1, -0.05) is 24.3 Å². The molecule has 5 heteroatoms. The SMILES string of the molecule is COc1cccc(Cc2ccc3ncc(Cc4ccc(O)cc4)n3n2)c1. The largest absolute Gasteiger partial charge is 0.508 e. The minimum Gasteiger partial charge on any atom is -0.508 e. The molecule has 0 aliphatic rings. The number of hydrogen-bond donors (Lipinski definition) is 1. The number of aromatic nitrogens is 3. The Labute approximate surface area is 151 Å². The van der Waals surface area contributed by atoms with Crippen molar-refractivity contribution in [3.05, 3.63) is 89.4 Å². The molecule has 4 rings (SSSR count). The zero-order valence-electron chi connectivity index (χ0n) is 14.5. The minimum atomic E-state index is 0.269. The molecule has 2 aromatic carbocycles. The van der Waals surface area contributed by atoms with Gasteiger partial charge in [0.15, 0.2) is 5.65 Å². The summed E-state index contributed by atoms with van der Waals surface area (Å²) < 4.78 is 7.18. The Balaban J connectivity index is 1.62. The number of ether oxygens (including phenoxy) is 1. The van der Waals surface area contributed by atoms with Crippen LogP contribution in [0.4, 0.5) is 0 Å². The first-order valence-corrected chi connectivity index (χ1v) is 8.44. The molecule has 0 aliphatic heterocycles. The summed E-state index contributed by atoms with van der Waals surface area (Å²) in [5, 5.41) is 14.2. The summed E-state index contributed by atoms with van der Waals surface area (Å²) in [6.07, 6.45) is 3.28. The summed E-state index contributed by atoms with van der Waals surface area (Å²) in [6.45, 7) is 0. The highest BCUT2D eigenvalue weighted by Gasteiger charge is 2.08. The summed E-state index contributed by atoms with van der Waals surface area (Å²) in [5.74, 6) is 1.12. The summed E-state index contributed by atoms with van der Waals surface area (Å²) >= 11 is 0. The van der Waals surface area contributed by atoms with Gasteiger partial charge in [-0.3, -0.25) is 0 Å². The Kier molecular flexibility index (Phi) is 4.27. The number of rotatable bonds is 5. The van der Waals surface area contributed by atoms with E-state index in [-0.39, 0.29) is 5.75 Å². The highest BCUT2D eigenvalue weighted by molar-refractivity contribution is 5.41.